The first-order valence-corrected chi connectivity index (χ1v) is 7.64. The Labute approximate surface area is 117 Å². The van der Waals surface area contributed by atoms with Gasteiger partial charge in [-0.1, -0.05) is 38.1 Å². The molecule has 1 aliphatic rings. The summed E-state index contributed by atoms with van der Waals surface area (Å²) in [6, 6.07) is 9.00. The largest absolute Gasteiger partial charge is 0.377 e. The van der Waals surface area contributed by atoms with Gasteiger partial charge >= 0.3 is 0 Å². The first-order valence-electron chi connectivity index (χ1n) is 7.64. The van der Waals surface area contributed by atoms with Gasteiger partial charge in [0.1, 0.15) is 0 Å². The third kappa shape index (κ3) is 5.33. The van der Waals surface area contributed by atoms with E-state index < -0.39 is 0 Å². The van der Waals surface area contributed by atoms with Gasteiger partial charge in [-0.05, 0) is 42.7 Å². The van der Waals surface area contributed by atoms with E-state index in [-0.39, 0.29) is 0 Å². The number of ether oxygens (including phenoxy) is 1. The summed E-state index contributed by atoms with van der Waals surface area (Å²) in [7, 11) is 0. The van der Waals surface area contributed by atoms with Gasteiger partial charge in [0.2, 0.25) is 0 Å². The third-order valence-corrected chi connectivity index (χ3v) is 3.64. The summed E-state index contributed by atoms with van der Waals surface area (Å²) >= 11 is 0. The van der Waals surface area contributed by atoms with E-state index in [1.165, 1.54) is 36.8 Å². The maximum absolute atomic E-state index is 5.72. The van der Waals surface area contributed by atoms with Crippen molar-refractivity contribution in [3.05, 3.63) is 35.4 Å². The minimum atomic E-state index is 0.425. The summed E-state index contributed by atoms with van der Waals surface area (Å²) in [6.07, 6.45) is 5.35. The predicted molar refractivity (Wildman–Crippen MR) is 80.3 cm³/mol. The van der Waals surface area contributed by atoms with Crippen LogP contribution in [0.4, 0.5) is 0 Å². The standard InChI is InChI=1S/C17H27NO/c1-14(2)11-15-6-8-16(9-7-15)12-18-13-17-5-3-4-10-19-17/h6-9,14,17-18H,3-5,10-13H2,1-2H3. The fraction of sp³-hybridized carbons (Fsp3) is 0.647. The van der Waals surface area contributed by atoms with Crippen LogP contribution in [0.25, 0.3) is 0 Å². The molecule has 1 fully saturated rings. The SMILES string of the molecule is CC(C)Cc1ccc(CNCC2CCCCO2)cc1. The van der Waals surface area contributed by atoms with Crippen LogP contribution in [0.5, 0.6) is 0 Å². The van der Waals surface area contributed by atoms with Crippen molar-refractivity contribution >= 4 is 0 Å². The van der Waals surface area contributed by atoms with Crippen molar-refractivity contribution in [3.63, 3.8) is 0 Å². The molecule has 19 heavy (non-hydrogen) atoms. The Hall–Kier alpha value is -0.860. The lowest BCUT2D eigenvalue weighted by Crippen LogP contribution is -2.31. The van der Waals surface area contributed by atoms with Crippen molar-refractivity contribution in [1.29, 1.82) is 0 Å². The van der Waals surface area contributed by atoms with Crippen LogP contribution in [-0.2, 0) is 17.7 Å². The van der Waals surface area contributed by atoms with Crippen LogP contribution in [0.1, 0.15) is 44.2 Å². The fourth-order valence-electron chi connectivity index (χ4n) is 2.61. The lowest BCUT2D eigenvalue weighted by atomic mass is 10.0. The van der Waals surface area contributed by atoms with Gasteiger partial charge in [-0.3, -0.25) is 0 Å². The van der Waals surface area contributed by atoms with E-state index in [0.717, 1.165) is 25.6 Å². The van der Waals surface area contributed by atoms with Gasteiger partial charge < -0.3 is 10.1 Å². The number of benzene rings is 1. The van der Waals surface area contributed by atoms with E-state index in [1.54, 1.807) is 0 Å². The summed E-state index contributed by atoms with van der Waals surface area (Å²) < 4.78 is 5.72. The van der Waals surface area contributed by atoms with E-state index >= 15 is 0 Å². The molecule has 1 saturated heterocycles. The molecule has 0 aromatic heterocycles. The molecule has 0 aliphatic carbocycles. The number of nitrogens with one attached hydrogen (secondary N) is 1. The number of hydrogen-bond donors (Lipinski definition) is 1. The van der Waals surface area contributed by atoms with Crippen LogP contribution >= 0.6 is 0 Å². The molecule has 1 N–H and O–H groups in total. The molecule has 0 saturated carbocycles. The van der Waals surface area contributed by atoms with Crippen LogP contribution in [0.15, 0.2) is 24.3 Å². The summed E-state index contributed by atoms with van der Waals surface area (Å²) in [6.45, 7) is 7.39. The van der Waals surface area contributed by atoms with Gasteiger partial charge in [0.25, 0.3) is 0 Å². The van der Waals surface area contributed by atoms with Gasteiger partial charge in [-0.25, -0.2) is 0 Å². The van der Waals surface area contributed by atoms with E-state index in [9.17, 15) is 0 Å². The van der Waals surface area contributed by atoms with E-state index in [4.69, 9.17) is 4.74 Å². The van der Waals surface area contributed by atoms with Crippen LogP contribution in [0.3, 0.4) is 0 Å². The Morgan fingerprint density at radius 1 is 1.16 bits per heavy atom. The predicted octanol–water partition coefficient (Wildman–Crippen LogP) is 3.54. The summed E-state index contributed by atoms with van der Waals surface area (Å²) in [4.78, 5) is 0. The van der Waals surface area contributed by atoms with Crippen molar-refractivity contribution in [3.8, 4) is 0 Å². The molecule has 1 unspecified atom stereocenters. The van der Waals surface area contributed by atoms with Gasteiger partial charge in [0.15, 0.2) is 0 Å². The Kier molecular flexibility index (Phi) is 5.87. The molecule has 1 aliphatic heterocycles. The second-order valence-electron chi connectivity index (χ2n) is 6.03. The molecule has 2 heteroatoms. The Bertz CT molecular complexity index is 352. The highest BCUT2D eigenvalue weighted by atomic mass is 16.5. The monoisotopic (exact) mass is 261 g/mol. The summed E-state index contributed by atoms with van der Waals surface area (Å²) in [5.74, 6) is 0.729. The number of hydrogen-bond acceptors (Lipinski definition) is 2. The number of rotatable bonds is 6. The highest BCUT2D eigenvalue weighted by Gasteiger charge is 2.12. The lowest BCUT2D eigenvalue weighted by molar-refractivity contribution is 0.0168. The molecule has 1 aromatic carbocycles. The highest BCUT2D eigenvalue weighted by Crippen LogP contribution is 2.12. The van der Waals surface area contributed by atoms with E-state index in [2.05, 4.69) is 43.4 Å². The maximum Gasteiger partial charge on any atom is 0.0699 e. The molecule has 1 aromatic rings. The van der Waals surface area contributed by atoms with E-state index in [0.29, 0.717) is 6.10 Å². The first-order chi connectivity index (χ1) is 9.24. The molecule has 1 atom stereocenters. The van der Waals surface area contributed by atoms with Crippen molar-refractivity contribution in [2.24, 2.45) is 5.92 Å². The van der Waals surface area contributed by atoms with Gasteiger partial charge in [0, 0.05) is 19.7 Å². The zero-order valence-corrected chi connectivity index (χ0v) is 12.3. The minimum Gasteiger partial charge on any atom is -0.377 e. The molecule has 2 rings (SSSR count). The van der Waals surface area contributed by atoms with Crippen molar-refractivity contribution in [2.45, 2.75) is 52.2 Å². The van der Waals surface area contributed by atoms with Gasteiger partial charge in [-0.15, -0.1) is 0 Å². The Balaban J connectivity index is 1.70. The van der Waals surface area contributed by atoms with Gasteiger partial charge in [-0.2, -0.15) is 0 Å². The average molecular weight is 261 g/mol. The van der Waals surface area contributed by atoms with Crippen molar-refractivity contribution in [2.75, 3.05) is 13.2 Å². The highest BCUT2D eigenvalue weighted by molar-refractivity contribution is 5.22. The van der Waals surface area contributed by atoms with Gasteiger partial charge in [0.05, 0.1) is 6.10 Å². The molecular weight excluding hydrogens is 234 g/mol. The molecule has 0 bridgehead atoms. The quantitative estimate of drug-likeness (QED) is 0.845. The Morgan fingerprint density at radius 2 is 1.89 bits per heavy atom. The molecule has 2 nitrogen and oxygen atoms in total. The molecule has 0 radical (unpaired) electrons. The second kappa shape index (κ2) is 7.66. The summed E-state index contributed by atoms with van der Waals surface area (Å²) in [5, 5.41) is 3.51. The van der Waals surface area contributed by atoms with Crippen molar-refractivity contribution < 1.29 is 4.74 Å². The molecule has 106 valence electrons. The van der Waals surface area contributed by atoms with E-state index in [1.807, 2.05) is 0 Å². The smallest absolute Gasteiger partial charge is 0.0699 e. The molecule has 0 amide bonds. The van der Waals surface area contributed by atoms with Crippen LogP contribution in [0.2, 0.25) is 0 Å². The zero-order chi connectivity index (χ0) is 13.5. The zero-order valence-electron chi connectivity index (χ0n) is 12.3. The molecule has 1 heterocycles. The lowest BCUT2D eigenvalue weighted by Gasteiger charge is -2.22. The van der Waals surface area contributed by atoms with Crippen molar-refractivity contribution in [1.82, 2.24) is 5.32 Å². The topological polar surface area (TPSA) is 21.3 Å². The maximum atomic E-state index is 5.72. The fourth-order valence-corrected chi connectivity index (χ4v) is 2.61. The molecule has 0 spiro atoms. The van der Waals surface area contributed by atoms with Crippen LogP contribution < -0.4 is 5.32 Å². The minimum absolute atomic E-state index is 0.425. The summed E-state index contributed by atoms with van der Waals surface area (Å²) in [5.41, 5.74) is 2.80. The average Bonchev–Trinajstić information content (AvgIpc) is 2.41. The normalized spacial score (nSPS) is 19.8. The Morgan fingerprint density at radius 3 is 2.53 bits per heavy atom. The third-order valence-electron chi connectivity index (χ3n) is 3.64. The van der Waals surface area contributed by atoms with Crippen LogP contribution in [0, 0.1) is 5.92 Å². The second-order valence-corrected chi connectivity index (χ2v) is 6.03. The molecular formula is C17H27NO. The first kappa shape index (κ1) is 14.5. The van der Waals surface area contributed by atoms with Crippen LogP contribution in [-0.4, -0.2) is 19.3 Å².